The van der Waals surface area contributed by atoms with E-state index in [1.54, 1.807) is 38.4 Å². The second-order valence-electron chi connectivity index (χ2n) is 3.98. The van der Waals surface area contributed by atoms with Crippen molar-refractivity contribution in [2.75, 3.05) is 14.2 Å². The van der Waals surface area contributed by atoms with E-state index in [4.69, 9.17) is 16.3 Å². The lowest BCUT2D eigenvalue weighted by molar-refractivity contribution is 0.416. The molecule has 0 radical (unpaired) electrons. The minimum absolute atomic E-state index is 0.209. The minimum Gasteiger partial charge on any atom is -0.496 e. The van der Waals surface area contributed by atoms with Gasteiger partial charge in [0.1, 0.15) is 5.75 Å². The molecule has 0 aliphatic heterocycles. The van der Waals surface area contributed by atoms with Gasteiger partial charge in [0, 0.05) is 22.7 Å². The van der Waals surface area contributed by atoms with E-state index >= 15 is 0 Å². The first kappa shape index (κ1) is 13.6. The molecule has 1 heterocycles. The molecule has 19 heavy (non-hydrogen) atoms. The summed E-state index contributed by atoms with van der Waals surface area (Å²) >= 11 is 5.99. The van der Waals surface area contributed by atoms with E-state index < -0.39 is 0 Å². The Morgan fingerprint density at radius 1 is 1.42 bits per heavy atom. The molecule has 0 saturated carbocycles. The number of methoxy groups -OCH3 is 1. The normalized spacial score (nSPS) is 10.5. The first-order valence-corrected chi connectivity index (χ1v) is 6.10. The molecule has 0 bridgehead atoms. The Bertz CT molecular complexity index is 640. The van der Waals surface area contributed by atoms with Crippen LogP contribution in [0, 0.1) is 0 Å². The predicted molar refractivity (Wildman–Crippen MR) is 74.6 cm³/mol. The van der Waals surface area contributed by atoms with Crippen LogP contribution in [0.25, 0.3) is 11.3 Å². The topological polar surface area (TPSA) is 67.0 Å². The molecule has 5 nitrogen and oxygen atoms in total. The maximum Gasteiger partial charge on any atom is 0.268 e. The second-order valence-corrected chi connectivity index (χ2v) is 4.42. The Hall–Kier alpha value is -1.85. The predicted octanol–water partition coefficient (Wildman–Crippen LogP) is 1.82. The van der Waals surface area contributed by atoms with Crippen molar-refractivity contribution in [3.8, 4) is 17.0 Å². The molecule has 0 amide bonds. The Kier molecular flexibility index (Phi) is 4.19. The number of aromatic nitrogens is 2. The smallest absolute Gasteiger partial charge is 0.268 e. The number of benzene rings is 1. The number of halogens is 1. The van der Waals surface area contributed by atoms with Gasteiger partial charge in [-0.1, -0.05) is 11.6 Å². The van der Waals surface area contributed by atoms with E-state index in [-0.39, 0.29) is 5.56 Å². The van der Waals surface area contributed by atoms with Gasteiger partial charge in [0.05, 0.1) is 12.8 Å². The largest absolute Gasteiger partial charge is 0.496 e. The highest BCUT2D eigenvalue weighted by Crippen LogP contribution is 2.30. The molecule has 0 aliphatic rings. The van der Waals surface area contributed by atoms with Gasteiger partial charge in [-0.3, -0.25) is 4.79 Å². The number of ether oxygens (including phenoxy) is 1. The van der Waals surface area contributed by atoms with Gasteiger partial charge in [-0.25, -0.2) is 5.10 Å². The number of hydrogen-bond acceptors (Lipinski definition) is 4. The van der Waals surface area contributed by atoms with Gasteiger partial charge in [-0.15, -0.1) is 0 Å². The van der Waals surface area contributed by atoms with Crippen LogP contribution in [0.4, 0.5) is 0 Å². The summed E-state index contributed by atoms with van der Waals surface area (Å²) in [5.74, 6) is 0.652. The molecule has 2 aromatic rings. The van der Waals surface area contributed by atoms with Gasteiger partial charge < -0.3 is 10.1 Å². The summed E-state index contributed by atoms with van der Waals surface area (Å²) in [6.45, 7) is 0.466. The van der Waals surface area contributed by atoms with Crippen molar-refractivity contribution < 1.29 is 4.74 Å². The van der Waals surface area contributed by atoms with Gasteiger partial charge in [0.2, 0.25) is 0 Å². The zero-order chi connectivity index (χ0) is 13.8. The molecule has 6 heteroatoms. The molecule has 0 saturated heterocycles. The molecule has 2 rings (SSSR count). The van der Waals surface area contributed by atoms with Crippen molar-refractivity contribution >= 4 is 11.6 Å². The number of nitrogens with zero attached hydrogens (tertiary/aromatic N) is 1. The van der Waals surface area contributed by atoms with Gasteiger partial charge in [-0.05, 0) is 31.3 Å². The van der Waals surface area contributed by atoms with E-state index in [0.29, 0.717) is 28.6 Å². The summed E-state index contributed by atoms with van der Waals surface area (Å²) in [5, 5.41) is 10.0. The van der Waals surface area contributed by atoms with Crippen LogP contribution in [0.15, 0.2) is 29.1 Å². The maximum atomic E-state index is 11.6. The highest BCUT2D eigenvalue weighted by atomic mass is 35.5. The number of aromatic amines is 1. The van der Waals surface area contributed by atoms with Gasteiger partial charge >= 0.3 is 0 Å². The lowest BCUT2D eigenvalue weighted by atomic mass is 10.1. The Labute approximate surface area is 115 Å². The second kappa shape index (κ2) is 5.86. The van der Waals surface area contributed by atoms with Crippen LogP contribution >= 0.6 is 11.6 Å². The molecule has 0 aliphatic carbocycles. The average Bonchev–Trinajstić information content (AvgIpc) is 2.41. The number of H-pyrrole nitrogens is 1. The van der Waals surface area contributed by atoms with Crippen molar-refractivity contribution in [2.45, 2.75) is 6.54 Å². The number of hydrogen-bond donors (Lipinski definition) is 2. The monoisotopic (exact) mass is 279 g/mol. The summed E-state index contributed by atoms with van der Waals surface area (Å²) in [6, 6.07) is 6.99. The van der Waals surface area contributed by atoms with Crippen LogP contribution < -0.4 is 15.6 Å². The molecule has 1 aromatic heterocycles. The van der Waals surface area contributed by atoms with Gasteiger partial charge in [-0.2, -0.15) is 5.10 Å². The molecule has 1 aromatic carbocycles. The van der Waals surface area contributed by atoms with Crippen molar-refractivity contribution in [3.63, 3.8) is 0 Å². The maximum absolute atomic E-state index is 11.6. The average molecular weight is 280 g/mol. The van der Waals surface area contributed by atoms with Crippen molar-refractivity contribution in [2.24, 2.45) is 0 Å². The summed E-state index contributed by atoms with van der Waals surface area (Å²) in [7, 11) is 3.35. The molecular weight excluding hydrogens is 266 g/mol. The van der Waals surface area contributed by atoms with E-state index in [0.717, 1.165) is 5.56 Å². The third kappa shape index (κ3) is 2.94. The molecule has 100 valence electrons. The van der Waals surface area contributed by atoms with E-state index in [9.17, 15) is 4.79 Å². The van der Waals surface area contributed by atoms with Crippen molar-refractivity contribution in [1.82, 2.24) is 15.5 Å². The van der Waals surface area contributed by atoms with Crippen LogP contribution in [-0.2, 0) is 6.54 Å². The zero-order valence-electron chi connectivity index (χ0n) is 10.7. The van der Waals surface area contributed by atoms with Gasteiger partial charge in [0.15, 0.2) is 0 Å². The third-order valence-corrected chi connectivity index (χ3v) is 2.92. The Morgan fingerprint density at radius 2 is 2.21 bits per heavy atom. The standard InChI is InChI=1S/C13H14ClN3O2/c1-15-7-8-5-11(16-17-13(8)18)10-6-9(14)3-4-12(10)19-2/h3-6,15H,7H2,1-2H3,(H,17,18). The lowest BCUT2D eigenvalue weighted by Crippen LogP contribution is -2.19. The van der Waals surface area contributed by atoms with Crippen molar-refractivity contribution in [1.29, 1.82) is 0 Å². The Morgan fingerprint density at radius 3 is 2.89 bits per heavy atom. The molecule has 0 spiro atoms. The summed E-state index contributed by atoms with van der Waals surface area (Å²) < 4.78 is 5.28. The van der Waals surface area contributed by atoms with E-state index in [2.05, 4.69) is 15.5 Å². The van der Waals surface area contributed by atoms with Crippen LogP contribution in [0.2, 0.25) is 5.02 Å². The van der Waals surface area contributed by atoms with Crippen LogP contribution in [0.3, 0.4) is 0 Å². The summed E-state index contributed by atoms with van der Waals surface area (Å²) in [5.41, 5.74) is 1.75. The fourth-order valence-corrected chi connectivity index (χ4v) is 1.96. The minimum atomic E-state index is -0.209. The van der Waals surface area contributed by atoms with E-state index in [1.807, 2.05) is 0 Å². The van der Waals surface area contributed by atoms with Gasteiger partial charge in [0.25, 0.3) is 5.56 Å². The molecule has 2 N–H and O–H groups in total. The summed E-state index contributed by atoms with van der Waals surface area (Å²) in [4.78, 5) is 11.6. The van der Waals surface area contributed by atoms with E-state index in [1.165, 1.54) is 0 Å². The fraction of sp³-hybridized carbons (Fsp3) is 0.231. The van der Waals surface area contributed by atoms with Crippen molar-refractivity contribution in [3.05, 3.63) is 45.2 Å². The third-order valence-electron chi connectivity index (χ3n) is 2.69. The molecule has 0 fully saturated rings. The molecule has 0 atom stereocenters. The number of nitrogens with one attached hydrogen (secondary N) is 2. The quantitative estimate of drug-likeness (QED) is 0.896. The summed E-state index contributed by atoms with van der Waals surface area (Å²) in [6.07, 6.45) is 0. The van der Waals surface area contributed by atoms with Crippen LogP contribution in [-0.4, -0.2) is 24.4 Å². The lowest BCUT2D eigenvalue weighted by Gasteiger charge is -2.09. The highest BCUT2D eigenvalue weighted by Gasteiger charge is 2.10. The molecular formula is C13H14ClN3O2. The number of rotatable bonds is 4. The first-order valence-electron chi connectivity index (χ1n) is 5.73. The van der Waals surface area contributed by atoms with Crippen LogP contribution in [0.5, 0.6) is 5.75 Å². The molecule has 0 unspecified atom stereocenters. The zero-order valence-corrected chi connectivity index (χ0v) is 11.4. The fourth-order valence-electron chi connectivity index (χ4n) is 1.79. The highest BCUT2D eigenvalue weighted by molar-refractivity contribution is 6.30. The Balaban J connectivity index is 2.55. The first-order chi connectivity index (χ1) is 9.15. The van der Waals surface area contributed by atoms with Crippen LogP contribution in [0.1, 0.15) is 5.56 Å². The SMILES string of the molecule is CNCc1cc(-c2cc(Cl)ccc2OC)n[nH]c1=O.